The first-order valence-corrected chi connectivity index (χ1v) is 7.40. The van der Waals surface area contributed by atoms with Crippen molar-refractivity contribution in [2.45, 2.75) is 32.8 Å². The summed E-state index contributed by atoms with van der Waals surface area (Å²) in [4.78, 5) is 6.83. The lowest BCUT2D eigenvalue weighted by molar-refractivity contribution is 0.217. The molecule has 1 fully saturated rings. The van der Waals surface area contributed by atoms with E-state index in [1.165, 1.54) is 19.4 Å². The van der Waals surface area contributed by atoms with Gasteiger partial charge in [-0.2, -0.15) is 4.98 Å². The van der Waals surface area contributed by atoms with Gasteiger partial charge in [0.2, 0.25) is 5.88 Å². The molecule has 2 heterocycles. The highest BCUT2D eigenvalue weighted by molar-refractivity contribution is 5.53. The predicted octanol–water partition coefficient (Wildman–Crippen LogP) is 2.20. The van der Waals surface area contributed by atoms with Gasteiger partial charge in [-0.05, 0) is 58.3 Å². The minimum absolute atomic E-state index is 0.0760. The Balaban J connectivity index is 1.92. The van der Waals surface area contributed by atoms with Crippen LogP contribution < -0.4 is 15.8 Å². The van der Waals surface area contributed by atoms with E-state index in [9.17, 15) is 0 Å². The number of aromatic nitrogens is 1. The van der Waals surface area contributed by atoms with Crippen LogP contribution in [0.1, 0.15) is 26.7 Å². The van der Waals surface area contributed by atoms with Crippen LogP contribution in [0.25, 0.3) is 0 Å². The van der Waals surface area contributed by atoms with E-state index in [1.807, 2.05) is 26.0 Å². The maximum absolute atomic E-state index is 5.87. The second-order valence-corrected chi connectivity index (χ2v) is 5.91. The molecule has 1 aliphatic heterocycles. The van der Waals surface area contributed by atoms with Crippen LogP contribution in [0.15, 0.2) is 12.1 Å². The molecule has 0 amide bonds. The van der Waals surface area contributed by atoms with Crippen molar-refractivity contribution in [1.29, 1.82) is 0 Å². The van der Waals surface area contributed by atoms with E-state index in [1.54, 1.807) is 0 Å². The zero-order chi connectivity index (χ0) is 14.5. The fourth-order valence-electron chi connectivity index (χ4n) is 2.56. The van der Waals surface area contributed by atoms with Gasteiger partial charge in [-0.25, -0.2) is 0 Å². The molecule has 5 heteroatoms. The van der Waals surface area contributed by atoms with Crippen LogP contribution in [0.5, 0.6) is 5.88 Å². The van der Waals surface area contributed by atoms with E-state index in [2.05, 4.69) is 22.2 Å². The fraction of sp³-hybridized carbons (Fsp3) is 0.667. The molecule has 0 spiro atoms. The summed E-state index contributed by atoms with van der Waals surface area (Å²) in [6.07, 6.45) is 2.63. The number of anilines is 2. The molecule has 5 nitrogen and oxygen atoms in total. The number of ether oxygens (including phenoxy) is 1. The number of nitrogens with one attached hydrogen (secondary N) is 1. The van der Waals surface area contributed by atoms with Crippen molar-refractivity contribution in [2.24, 2.45) is 5.92 Å². The van der Waals surface area contributed by atoms with Crippen molar-refractivity contribution in [3.05, 3.63) is 12.1 Å². The quantitative estimate of drug-likeness (QED) is 0.864. The number of piperidine rings is 1. The number of hydrogen-bond donors (Lipinski definition) is 2. The minimum Gasteiger partial charge on any atom is -0.473 e. The number of hydrogen-bond acceptors (Lipinski definition) is 5. The van der Waals surface area contributed by atoms with E-state index in [-0.39, 0.29) is 6.10 Å². The number of nitrogens with zero attached hydrogens (tertiary/aromatic N) is 2. The first kappa shape index (κ1) is 14.9. The Morgan fingerprint density at radius 3 is 3.00 bits per heavy atom. The van der Waals surface area contributed by atoms with Gasteiger partial charge in [-0.3, -0.25) is 0 Å². The summed E-state index contributed by atoms with van der Waals surface area (Å²) in [5.41, 5.74) is 6.46. The smallest absolute Gasteiger partial charge is 0.239 e. The summed E-state index contributed by atoms with van der Waals surface area (Å²) in [7, 11) is 2.18. The van der Waals surface area contributed by atoms with E-state index in [0.717, 1.165) is 18.9 Å². The molecule has 1 atom stereocenters. The summed E-state index contributed by atoms with van der Waals surface area (Å²) >= 11 is 0. The maximum Gasteiger partial charge on any atom is 0.239 e. The Morgan fingerprint density at radius 1 is 1.50 bits per heavy atom. The molecule has 1 aliphatic rings. The van der Waals surface area contributed by atoms with Crippen molar-refractivity contribution >= 4 is 11.5 Å². The predicted molar refractivity (Wildman–Crippen MR) is 83.1 cm³/mol. The first-order chi connectivity index (χ1) is 9.54. The number of nitrogen functional groups attached to an aromatic ring is 1. The largest absolute Gasteiger partial charge is 0.473 e. The summed E-state index contributed by atoms with van der Waals surface area (Å²) in [5.74, 6) is 2.04. The van der Waals surface area contributed by atoms with Gasteiger partial charge in [0.15, 0.2) is 0 Å². The monoisotopic (exact) mass is 278 g/mol. The Bertz CT molecular complexity index is 436. The van der Waals surface area contributed by atoms with Gasteiger partial charge >= 0.3 is 0 Å². The Kier molecular flexibility index (Phi) is 5.06. The lowest BCUT2D eigenvalue weighted by Crippen LogP contribution is -2.35. The molecule has 0 bridgehead atoms. The molecule has 2 rings (SSSR count). The van der Waals surface area contributed by atoms with Crippen molar-refractivity contribution in [2.75, 3.05) is 37.7 Å². The lowest BCUT2D eigenvalue weighted by Gasteiger charge is -2.29. The van der Waals surface area contributed by atoms with Gasteiger partial charge in [0.05, 0.1) is 11.8 Å². The normalized spacial score (nSPS) is 20.1. The zero-order valence-corrected chi connectivity index (χ0v) is 12.7. The highest BCUT2D eigenvalue weighted by Gasteiger charge is 2.17. The van der Waals surface area contributed by atoms with E-state index in [0.29, 0.717) is 17.5 Å². The molecule has 0 saturated carbocycles. The molecule has 0 aliphatic carbocycles. The average Bonchev–Trinajstić information content (AvgIpc) is 2.39. The molecule has 20 heavy (non-hydrogen) atoms. The van der Waals surface area contributed by atoms with Crippen LogP contribution in [0.3, 0.4) is 0 Å². The standard InChI is InChI=1S/C15H26N4O/c1-11(2)20-15-13(16)6-7-14(18-15)17-9-12-5-4-8-19(3)10-12/h6-7,11-12H,4-5,8-10,16H2,1-3H3,(H,17,18). The van der Waals surface area contributed by atoms with Gasteiger partial charge in [0, 0.05) is 13.1 Å². The number of likely N-dealkylation sites (tertiary alicyclic amines) is 1. The van der Waals surface area contributed by atoms with E-state index in [4.69, 9.17) is 10.5 Å². The molecule has 3 N–H and O–H groups in total. The highest BCUT2D eigenvalue weighted by Crippen LogP contribution is 2.22. The molecule has 0 aromatic carbocycles. The molecule has 1 saturated heterocycles. The van der Waals surface area contributed by atoms with Crippen LogP contribution in [-0.4, -0.2) is 42.7 Å². The van der Waals surface area contributed by atoms with Gasteiger partial charge in [-0.15, -0.1) is 0 Å². The second kappa shape index (κ2) is 6.79. The lowest BCUT2D eigenvalue weighted by atomic mass is 9.98. The van der Waals surface area contributed by atoms with Gasteiger partial charge in [-0.1, -0.05) is 0 Å². The molecule has 1 aromatic rings. The number of rotatable bonds is 5. The Labute approximate surface area is 121 Å². The third kappa shape index (κ3) is 4.27. The first-order valence-electron chi connectivity index (χ1n) is 7.40. The Hall–Kier alpha value is -1.49. The fourth-order valence-corrected chi connectivity index (χ4v) is 2.56. The topological polar surface area (TPSA) is 63.4 Å². The van der Waals surface area contributed by atoms with Gasteiger partial charge in [0.1, 0.15) is 5.82 Å². The van der Waals surface area contributed by atoms with Crippen molar-refractivity contribution in [3.63, 3.8) is 0 Å². The van der Waals surface area contributed by atoms with Gasteiger partial charge < -0.3 is 20.7 Å². The van der Waals surface area contributed by atoms with Crippen molar-refractivity contribution < 1.29 is 4.74 Å². The van der Waals surface area contributed by atoms with Gasteiger partial charge in [0.25, 0.3) is 0 Å². The third-order valence-electron chi connectivity index (χ3n) is 3.53. The van der Waals surface area contributed by atoms with Crippen LogP contribution in [0.2, 0.25) is 0 Å². The van der Waals surface area contributed by atoms with Crippen LogP contribution in [-0.2, 0) is 0 Å². The SMILES string of the molecule is CC(C)Oc1nc(NCC2CCCN(C)C2)ccc1N. The summed E-state index contributed by atoms with van der Waals surface area (Å²) < 4.78 is 5.61. The molecule has 1 aromatic heterocycles. The van der Waals surface area contributed by atoms with Crippen LogP contribution in [0, 0.1) is 5.92 Å². The number of pyridine rings is 1. The van der Waals surface area contributed by atoms with Crippen molar-refractivity contribution in [1.82, 2.24) is 9.88 Å². The molecule has 112 valence electrons. The number of nitrogens with two attached hydrogens (primary N) is 1. The summed E-state index contributed by atoms with van der Waals surface area (Å²) in [6.45, 7) is 7.25. The van der Waals surface area contributed by atoms with E-state index >= 15 is 0 Å². The zero-order valence-electron chi connectivity index (χ0n) is 12.7. The minimum atomic E-state index is 0.0760. The molecule has 0 radical (unpaired) electrons. The highest BCUT2D eigenvalue weighted by atomic mass is 16.5. The van der Waals surface area contributed by atoms with E-state index < -0.39 is 0 Å². The van der Waals surface area contributed by atoms with Crippen LogP contribution in [0.4, 0.5) is 11.5 Å². The molecular formula is C15H26N4O. The second-order valence-electron chi connectivity index (χ2n) is 5.91. The third-order valence-corrected chi connectivity index (χ3v) is 3.53. The molecular weight excluding hydrogens is 252 g/mol. The summed E-state index contributed by atoms with van der Waals surface area (Å²) in [5, 5.41) is 3.40. The maximum atomic E-state index is 5.87. The van der Waals surface area contributed by atoms with Crippen molar-refractivity contribution in [3.8, 4) is 5.88 Å². The molecule has 1 unspecified atom stereocenters. The Morgan fingerprint density at radius 2 is 2.30 bits per heavy atom. The van der Waals surface area contributed by atoms with Crippen LogP contribution >= 0.6 is 0 Å². The summed E-state index contributed by atoms with van der Waals surface area (Å²) in [6, 6.07) is 3.76. The average molecular weight is 278 g/mol.